The van der Waals surface area contributed by atoms with Crippen LogP contribution in [-0.4, -0.2) is 18.4 Å². The summed E-state index contributed by atoms with van der Waals surface area (Å²) in [5.74, 6) is -0.236. The van der Waals surface area contributed by atoms with Crippen LogP contribution in [0.25, 0.3) is 0 Å². The second-order valence-corrected chi connectivity index (χ2v) is 6.27. The highest BCUT2D eigenvalue weighted by atomic mass is 19.1. The fourth-order valence-corrected chi connectivity index (χ4v) is 2.40. The number of amides is 2. The first-order chi connectivity index (χ1) is 12.6. The molecule has 5 nitrogen and oxygen atoms in total. The largest absolute Gasteiger partial charge is 0.490 e. The van der Waals surface area contributed by atoms with Crippen molar-refractivity contribution in [3.63, 3.8) is 0 Å². The molecule has 0 heterocycles. The van der Waals surface area contributed by atoms with Crippen LogP contribution in [0.15, 0.2) is 48.5 Å². The minimum absolute atomic E-state index is 0.0703. The lowest BCUT2D eigenvalue weighted by atomic mass is 10.2. The van der Waals surface area contributed by atoms with Gasteiger partial charge in [-0.15, -0.1) is 0 Å². The Morgan fingerprint density at radius 1 is 1.08 bits per heavy atom. The molecule has 2 aromatic carbocycles. The van der Waals surface area contributed by atoms with Crippen LogP contribution in [-0.2, 0) is 16.1 Å². The van der Waals surface area contributed by atoms with Gasteiger partial charge in [-0.1, -0.05) is 24.3 Å². The van der Waals surface area contributed by atoms with Gasteiger partial charge in [0.2, 0.25) is 11.8 Å². The van der Waals surface area contributed by atoms with E-state index in [1.165, 1.54) is 12.1 Å². The summed E-state index contributed by atoms with van der Waals surface area (Å²) in [6, 6.07) is 13.5. The van der Waals surface area contributed by atoms with Crippen LogP contribution < -0.4 is 15.4 Å². The molecule has 1 aliphatic rings. The van der Waals surface area contributed by atoms with E-state index in [0.717, 1.165) is 24.1 Å². The Labute approximate surface area is 151 Å². The van der Waals surface area contributed by atoms with Crippen LogP contribution in [0.4, 0.5) is 10.1 Å². The van der Waals surface area contributed by atoms with Crippen molar-refractivity contribution >= 4 is 17.5 Å². The van der Waals surface area contributed by atoms with E-state index in [1.54, 1.807) is 12.1 Å². The zero-order chi connectivity index (χ0) is 18.4. The molecule has 3 rings (SSSR count). The lowest BCUT2D eigenvalue weighted by molar-refractivity contribution is -0.121. The van der Waals surface area contributed by atoms with Gasteiger partial charge in [-0.3, -0.25) is 9.59 Å². The van der Waals surface area contributed by atoms with Gasteiger partial charge in [0.1, 0.15) is 0 Å². The zero-order valence-electron chi connectivity index (χ0n) is 14.3. The van der Waals surface area contributed by atoms with Gasteiger partial charge >= 0.3 is 0 Å². The molecule has 136 valence electrons. The molecule has 2 N–H and O–H groups in total. The van der Waals surface area contributed by atoms with Crippen molar-refractivity contribution in [1.82, 2.24) is 5.32 Å². The highest BCUT2D eigenvalue weighted by Gasteiger charge is 2.29. The summed E-state index contributed by atoms with van der Waals surface area (Å²) in [6.45, 7) is 0.494. The van der Waals surface area contributed by atoms with E-state index in [2.05, 4.69) is 10.6 Å². The van der Waals surface area contributed by atoms with Gasteiger partial charge in [-0.05, 0) is 42.7 Å². The third-order valence-corrected chi connectivity index (χ3v) is 4.08. The quantitative estimate of drug-likeness (QED) is 0.763. The maximum absolute atomic E-state index is 13.4. The summed E-state index contributed by atoms with van der Waals surface area (Å²) in [7, 11) is 0. The van der Waals surface area contributed by atoms with Crippen LogP contribution >= 0.6 is 0 Å². The summed E-state index contributed by atoms with van der Waals surface area (Å²) < 4.78 is 18.7. The van der Waals surface area contributed by atoms with Gasteiger partial charge in [0.05, 0.1) is 13.0 Å². The van der Waals surface area contributed by atoms with E-state index in [9.17, 15) is 14.0 Å². The molecule has 0 aliphatic heterocycles. The Bertz CT molecular complexity index is 773. The predicted molar refractivity (Wildman–Crippen MR) is 96.2 cm³/mol. The summed E-state index contributed by atoms with van der Waals surface area (Å²) >= 11 is 0. The van der Waals surface area contributed by atoms with Crippen LogP contribution in [0.1, 0.15) is 24.8 Å². The van der Waals surface area contributed by atoms with E-state index in [1.807, 2.05) is 24.3 Å². The molecule has 0 unspecified atom stereocenters. The lowest BCUT2D eigenvalue weighted by Gasteiger charge is -2.09. The standard InChI is InChI=1S/C20H21FN2O3/c21-17-3-1-2-4-18(17)26-12-11-19(24)22-13-14-5-9-16(10-6-14)23-20(25)15-7-8-15/h1-6,9-10,15H,7-8,11-13H2,(H,22,24)(H,23,25). The molecule has 0 spiro atoms. The number of hydrogen-bond donors (Lipinski definition) is 2. The normalized spacial score (nSPS) is 13.1. The predicted octanol–water partition coefficient (Wildman–Crippen LogP) is 3.26. The summed E-state index contributed by atoms with van der Waals surface area (Å²) in [5, 5.41) is 5.66. The molecule has 2 aromatic rings. The average molecular weight is 356 g/mol. The molecule has 6 heteroatoms. The molecule has 1 aliphatic carbocycles. The van der Waals surface area contributed by atoms with E-state index in [-0.39, 0.29) is 36.5 Å². The first-order valence-corrected chi connectivity index (χ1v) is 8.65. The van der Waals surface area contributed by atoms with Crippen LogP contribution in [0.2, 0.25) is 0 Å². The lowest BCUT2D eigenvalue weighted by Crippen LogP contribution is -2.24. The molecule has 0 bridgehead atoms. The topological polar surface area (TPSA) is 67.4 Å². The van der Waals surface area contributed by atoms with Gasteiger partial charge in [0, 0.05) is 18.2 Å². The number of rotatable bonds is 8. The number of benzene rings is 2. The fraction of sp³-hybridized carbons (Fsp3) is 0.300. The van der Waals surface area contributed by atoms with E-state index < -0.39 is 5.82 Å². The summed E-state index contributed by atoms with van der Waals surface area (Å²) in [4.78, 5) is 23.5. The number of hydrogen-bond acceptors (Lipinski definition) is 3. The maximum Gasteiger partial charge on any atom is 0.227 e. The molecule has 1 fully saturated rings. The average Bonchev–Trinajstić information content (AvgIpc) is 3.48. The van der Waals surface area contributed by atoms with Crippen molar-refractivity contribution in [1.29, 1.82) is 0 Å². The Balaban J connectivity index is 1.37. The Morgan fingerprint density at radius 2 is 1.81 bits per heavy atom. The van der Waals surface area contributed by atoms with Crippen LogP contribution in [0.5, 0.6) is 5.75 Å². The van der Waals surface area contributed by atoms with Crippen molar-refractivity contribution < 1.29 is 18.7 Å². The Hall–Kier alpha value is -2.89. The molecule has 0 radical (unpaired) electrons. The smallest absolute Gasteiger partial charge is 0.227 e. The minimum Gasteiger partial charge on any atom is -0.490 e. The Kier molecular flexibility index (Phi) is 5.84. The number of nitrogens with one attached hydrogen (secondary N) is 2. The first-order valence-electron chi connectivity index (χ1n) is 8.65. The molecule has 2 amide bonds. The number of carbonyl (C=O) groups is 2. The number of ether oxygens (including phenoxy) is 1. The first kappa shape index (κ1) is 17.9. The van der Waals surface area contributed by atoms with Gasteiger partial charge in [-0.2, -0.15) is 0 Å². The van der Waals surface area contributed by atoms with E-state index >= 15 is 0 Å². The van der Waals surface area contributed by atoms with E-state index in [4.69, 9.17) is 4.74 Å². The van der Waals surface area contributed by atoms with Crippen molar-refractivity contribution in [3.8, 4) is 5.75 Å². The second-order valence-electron chi connectivity index (χ2n) is 6.27. The number of anilines is 1. The SMILES string of the molecule is O=C(CCOc1ccccc1F)NCc1ccc(NC(=O)C2CC2)cc1. The highest BCUT2D eigenvalue weighted by molar-refractivity contribution is 5.94. The summed E-state index contributed by atoms with van der Waals surface area (Å²) in [6.07, 6.45) is 2.08. The van der Waals surface area contributed by atoms with Gasteiger partial charge in [0.15, 0.2) is 11.6 Å². The minimum atomic E-state index is -0.443. The molecule has 0 saturated heterocycles. The number of halogens is 1. The fourth-order valence-electron chi connectivity index (χ4n) is 2.40. The Morgan fingerprint density at radius 3 is 2.50 bits per heavy atom. The van der Waals surface area contributed by atoms with Gasteiger partial charge in [-0.25, -0.2) is 4.39 Å². The van der Waals surface area contributed by atoms with Gasteiger partial charge in [0.25, 0.3) is 0 Å². The van der Waals surface area contributed by atoms with Crippen LogP contribution in [0.3, 0.4) is 0 Å². The second kappa shape index (κ2) is 8.47. The molecular formula is C20H21FN2O3. The molecular weight excluding hydrogens is 335 g/mol. The van der Waals surface area contributed by atoms with Crippen molar-refractivity contribution in [2.75, 3.05) is 11.9 Å². The molecule has 1 saturated carbocycles. The zero-order valence-corrected chi connectivity index (χ0v) is 14.3. The monoisotopic (exact) mass is 356 g/mol. The van der Waals surface area contributed by atoms with Crippen LogP contribution in [0, 0.1) is 11.7 Å². The summed E-state index contributed by atoms with van der Waals surface area (Å²) in [5.41, 5.74) is 1.69. The maximum atomic E-state index is 13.4. The van der Waals surface area contributed by atoms with E-state index in [0.29, 0.717) is 6.54 Å². The number of carbonyl (C=O) groups excluding carboxylic acids is 2. The third-order valence-electron chi connectivity index (χ3n) is 4.08. The van der Waals surface area contributed by atoms with Crippen molar-refractivity contribution in [2.45, 2.75) is 25.8 Å². The third kappa shape index (κ3) is 5.31. The highest BCUT2D eigenvalue weighted by Crippen LogP contribution is 2.30. The van der Waals surface area contributed by atoms with Crippen molar-refractivity contribution in [3.05, 3.63) is 59.9 Å². The molecule has 0 atom stereocenters. The van der Waals surface area contributed by atoms with Crippen molar-refractivity contribution in [2.24, 2.45) is 5.92 Å². The molecule has 26 heavy (non-hydrogen) atoms. The number of para-hydroxylation sites is 1. The molecule has 0 aromatic heterocycles. The van der Waals surface area contributed by atoms with Gasteiger partial charge < -0.3 is 15.4 Å².